The summed E-state index contributed by atoms with van der Waals surface area (Å²) in [4.78, 5) is 19.1. The van der Waals surface area contributed by atoms with E-state index in [9.17, 15) is 4.79 Å². The third-order valence-corrected chi connectivity index (χ3v) is 4.93. The van der Waals surface area contributed by atoms with Gasteiger partial charge in [0.2, 0.25) is 5.91 Å². The van der Waals surface area contributed by atoms with Crippen LogP contribution in [0.1, 0.15) is 24.3 Å². The third kappa shape index (κ3) is 2.61. The predicted molar refractivity (Wildman–Crippen MR) is 83.5 cm³/mol. The Bertz CT molecular complexity index is 701. The maximum Gasteiger partial charge on any atom is 0.224 e. The highest BCUT2D eigenvalue weighted by Crippen LogP contribution is 2.27. The van der Waals surface area contributed by atoms with Gasteiger partial charge in [-0.25, -0.2) is 4.98 Å². The number of aryl methyl sites for hydroxylation is 1. The Hall–Kier alpha value is -1.88. The number of rotatable bonds is 3. The van der Waals surface area contributed by atoms with Crippen LogP contribution in [0.4, 0.5) is 0 Å². The Balaban J connectivity index is 1.42. The molecule has 5 rings (SSSR count). The van der Waals surface area contributed by atoms with Gasteiger partial charge >= 0.3 is 0 Å². The molecule has 2 bridgehead atoms. The van der Waals surface area contributed by atoms with E-state index in [-0.39, 0.29) is 5.91 Å². The van der Waals surface area contributed by atoms with E-state index < -0.39 is 0 Å². The monoisotopic (exact) mass is 299 g/mol. The summed E-state index contributed by atoms with van der Waals surface area (Å²) in [5.74, 6) is 1.42. The van der Waals surface area contributed by atoms with Crippen LogP contribution in [0.3, 0.4) is 0 Å². The number of amides is 1. The van der Waals surface area contributed by atoms with Gasteiger partial charge in [0.25, 0.3) is 0 Å². The molecule has 1 atom stereocenters. The van der Waals surface area contributed by atoms with Crippen molar-refractivity contribution >= 4 is 17.0 Å². The van der Waals surface area contributed by atoms with Gasteiger partial charge in [0.1, 0.15) is 5.52 Å². The smallest absolute Gasteiger partial charge is 0.224 e. The van der Waals surface area contributed by atoms with Crippen LogP contribution in [0.15, 0.2) is 22.6 Å². The number of oxazole rings is 1. The summed E-state index contributed by atoms with van der Waals surface area (Å²) in [5.41, 5.74) is 2.58. The molecule has 0 unspecified atom stereocenters. The van der Waals surface area contributed by atoms with Gasteiger partial charge in [-0.05, 0) is 49.5 Å². The molecule has 22 heavy (non-hydrogen) atoms. The number of hydrogen-bond acceptors (Lipinski definition) is 4. The number of nitrogens with zero attached hydrogens (tertiary/aromatic N) is 2. The Morgan fingerprint density at radius 1 is 1.41 bits per heavy atom. The zero-order valence-corrected chi connectivity index (χ0v) is 12.8. The van der Waals surface area contributed by atoms with Gasteiger partial charge in [0.15, 0.2) is 11.5 Å². The molecule has 3 aliphatic rings. The fourth-order valence-electron chi connectivity index (χ4n) is 3.77. The molecular weight excluding hydrogens is 278 g/mol. The first-order valence-electron chi connectivity index (χ1n) is 8.05. The molecule has 5 nitrogen and oxygen atoms in total. The van der Waals surface area contributed by atoms with Gasteiger partial charge in [-0.2, -0.15) is 0 Å². The Labute approximate surface area is 129 Å². The summed E-state index contributed by atoms with van der Waals surface area (Å²) in [6.07, 6.45) is 2.83. The maximum atomic E-state index is 12.3. The first-order chi connectivity index (χ1) is 10.7. The lowest BCUT2D eigenvalue weighted by Gasteiger charge is -2.44. The molecule has 0 saturated carbocycles. The number of hydrogen-bond donors (Lipinski definition) is 1. The second kappa shape index (κ2) is 5.39. The largest absolute Gasteiger partial charge is 0.441 e. The first-order valence-corrected chi connectivity index (χ1v) is 8.05. The summed E-state index contributed by atoms with van der Waals surface area (Å²) < 4.78 is 5.53. The van der Waals surface area contributed by atoms with Crippen LogP contribution in [-0.4, -0.2) is 41.5 Å². The second-order valence-electron chi connectivity index (χ2n) is 6.52. The Morgan fingerprint density at radius 2 is 2.23 bits per heavy atom. The van der Waals surface area contributed by atoms with Crippen LogP contribution in [0.5, 0.6) is 0 Å². The molecule has 3 fully saturated rings. The summed E-state index contributed by atoms with van der Waals surface area (Å²) in [6.45, 7) is 5.23. The molecule has 5 heteroatoms. The number of aromatic nitrogens is 1. The summed E-state index contributed by atoms with van der Waals surface area (Å²) >= 11 is 0. The van der Waals surface area contributed by atoms with E-state index in [0.29, 0.717) is 24.3 Å². The molecule has 1 aromatic carbocycles. The molecule has 1 amide bonds. The lowest BCUT2D eigenvalue weighted by molar-refractivity contribution is -0.122. The number of fused-ring (bicyclic) bond motifs is 4. The first kappa shape index (κ1) is 13.8. The highest BCUT2D eigenvalue weighted by molar-refractivity contribution is 5.81. The molecule has 0 radical (unpaired) electrons. The van der Waals surface area contributed by atoms with Gasteiger partial charge in [-0.1, -0.05) is 6.07 Å². The van der Waals surface area contributed by atoms with Crippen molar-refractivity contribution in [3.05, 3.63) is 29.7 Å². The summed E-state index contributed by atoms with van der Waals surface area (Å²) in [6, 6.07) is 6.13. The van der Waals surface area contributed by atoms with Crippen LogP contribution in [0, 0.1) is 12.8 Å². The van der Waals surface area contributed by atoms with Gasteiger partial charge in [0, 0.05) is 19.5 Å². The maximum absolute atomic E-state index is 12.3. The zero-order chi connectivity index (χ0) is 15.1. The minimum absolute atomic E-state index is 0.106. The molecule has 3 saturated heterocycles. The van der Waals surface area contributed by atoms with Crippen molar-refractivity contribution in [2.75, 3.05) is 19.6 Å². The normalized spacial score (nSPS) is 27.2. The average molecular weight is 299 g/mol. The number of piperidine rings is 3. The fraction of sp³-hybridized carbons (Fsp3) is 0.529. The number of benzene rings is 1. The van der Waals surface area contributed by atoms with Crippen LogP contribution in [0.2, 0.25) is 0 Å². The number of nitrogens with one attached hydrogen (secondary N) is 1. The van der Waals surface area contributed by atoms with Crippen molar-refractivity contribution in [3.63, 3.8) is 0 Å². The molecular formula is C17H21N3O2. The lowest BCUT2D eigenvalue weighted by atomic mass is 9.84. The van der Waals surface area contributed by atoms with Gasteiger partial charge in [-0.3, -0.25) is 4.79 Å². The number of carbonyl (C=O) groups is 1. The van der Waals surface area contributed by atoms with E-state index in [2.05, 4.69) is 15.2 Å². The van der Waals surface area contributed by atoms with Gasteiger partial charge < -0.3 is 14.6 Å². The van der Waals surface area contributed by atoms with Crippen molar-refractivity contribution < 1.29 is 9.21 Å². The van der Waals surface area contributed by atoms with Crippen LogP contribution < -0.4 is 5.32 Å². The van der Waals surface area contributed by atoms with Crippen molar-refractivity contribution in [2.24, 2.45) is 5.92 Å². The van der Waals surface area contributed by atoms with E-state index in [1.165, 1.54) is 25.9 Å². The van der Waals surface area contributed by atoms with Gasteiger partial charge in [-0.15, -0.1) is 0 Å². The Morgan fingerprint density at radius 3 is 2.95 bits per heavy atom. The Kier molecular flexibility index (Phi) is 3.37. The summed E-state index contributed by atoms with van der Waals surface area (Å²) in [7, 11) is 0. The van der Waals surface area contributed by atoms with Crippen molar-refractivity contribution in [3.8, 4) is 0 Å². The van der Waals surface area contributed by atoms with E-state index in [4.69, 9.17) is 4.42 Å². The highest BCUT2D eigenvalue weighted by Gasteiger charge is 2.34. The van der Waals surface area contributed by atoms with E-state index in [1.54, 1.807) is 0 Å². The molecule has 0 spiro atoms. The number of carbonyl (C=O) groups excluding carboxylic acids is 1. The molecule has 3 aliphatic heterocycles. The average Bonchev–Trinajstić information content (AvgIpc) is 2.87. The molecule has 2 aromatic rings. The van der Waals surface area contributed by atoms with Crippen LogP contribution in [0.25, 0.3) is 11.1 Å². The van der Waals surface area contributed by atoms with E-state index >= 15 is 0 Å². The van der Waals surface area contributed by atoms with Crippen molar-refractivity contribution in [2.45, 2.75) is 32.2 Å². The minimum atomic E-state index is 0.106. The predicted octanol–water partition coefficient (Wildman–Crippen LogP) is 1.89. The zero-order valence-electron chi connectivity index (χ0n) is 12.8. The SMILES string of the molecule is Cc1nc2ccc(CC(=O)N[C@H]3CN4CCC3CC4)cc2o1. The fourth-order valence-corrected chi connectivity index (χ4v) is 3.77. The molecule has 1 aromatic heterocycles. The molecule has 4 heterocycles. The van der Waals surface area contributed by atoms with Crippen molar-refractivity contribution in [1.29, 1.82) is 0 Å². The second-order valence-corrected chi connectivity index (χ2v) is 6.52. The van der Waals surface area contributed by atoms with Crippen LogP contribution in [-0.2, 0) is 11.2 Å². The quantitative estimate of drug-likeness (QED) is 0.940. The van der Waals surface area contributed by atoms with E-state index in [1.807, 2.05) is 25.1 Å². The molecule has 116 valence electrons. The highest BCUT2D eigenvalue weighted by atomic mass is 16.3. The third-order valence-electron chi connectivity index (χ3n) is 4.93. The summed E-state index contributed by atoms with van der Waals surface area (Å²) in [5, 5.41) is 3.23. The standard InChI is InChI=1S/C17H21N3O2/c1-11-18-14-3-2-12(8-16(14)22-11)9-17(21)19-15-10-20-6-4-13(15)5-7-20/h2-3,8,13,15H,4-7,9-10H2,1H3,(H,19,21)/t15-/m0/s1. The lowest BCUT2D eigenvalue weighted by Crippen LogP contribution is -2.57. The van der Waals surface area contributed by atoms with Crippen LogP contribution >= 0.6 is 0 Å². The molecule has 0 aliphatic carbocycles. The molecule has 1 N–H and O–H groups in total. The van der Waals surface area contributed by atoms with Crippen molar-refractivity contribution in [1.82, 2.24) is 15.2 Å². The van der Waals surface area contributed by atoms with Gasteiger partial charge in [0.05, 0.1) is 6.42 Å². The van der Waals surface area contributed by atoms with E-state index in [0.717, 1.165) is 23.2 Å². The topological polar surface area (TPSA) is 58.4 Å². The minimum Gasteiger partial charge on any atom is -0.441 e.